The Hall–Kier alpha value is -2.10. The topological polar surface area (TPSA) is 102 Å². The quantitative estimate of drug-likeness (QED) is 0.789. The van der Waals surface area contributed by atoms with Gasteiger partial charge < -0.3 is 14.8 Å². The van der Waals surface area contributed by atoms with Crippen molar-refractivity contribution in [1.82, 2.24) is 9.88 Å². The fourth-order valence-corrected chi connectivity index (χ4v) is 4.70. The molecule has 0 saturated carbocycles. The largest absolute Gasteiger partial charge is 0.768 e. The third kappa shape index (κ3) is 3.67. The van der Waals surface area contributed by atoms with Crippen LogP contribution in [0, 0.1) is 6.92 Å². The van der Waals surface area contributed by atoms with Gasteiger partial charge in [0, 0.05) is 23.9 Å². The van der Waals surface area contributed by atoms with E-state index in [1.807, 2.05) is 26.8 Å². The summed E-state index contributed by atoms with van der Waals surface area (Å²) in [6.45, 7) is 9.30. The number of benzene rings is 1. The van der Waals surface area contributed by atoms with Gasteiger partial charge in [0.1, 0.15) is 0 Å². The Morgan fingerprint density at radius 3 is 2.59 bits per heavy atom. The molecule has 1 aromatic carbocycles. The first-order chi connectivity index (χ1) is 12.5. The van der Waals surface area contributed by atoms with Crippen LogP contribution in [0.25, 0.3) is 10.4 Å². The van der Waals surface area contributed by atoms with E-state index in [1.165, 1.54) is 24.3 Å². The molecule has 2 heterocycles. The lowest BCUT2D eigenvalue weighted by molar-refractivity contribution is -0.114. The second kappa shape index (κ2) is 6.81. The minimum Gasteiger partial charge on any atom is -0.768 e. The smallest absolute Gasteiger partial charge is 0.256 e. The summed E-state index contributed by atoms with van der Waals surface area (Å²) in [5.74, 6) is -0.500. The first-order valence-electron chi connectivity index (χ1n) is 8.32. The maximum atomic E-state index is 12.8. The average Bonchev–Trinajstić information content (AvgIpc) is 3.05. The predicted octanol–water partition coefficient (Wildman–Crippen LogP) is 3.07. The van der Waals surface area contributed by atoms with Crippen molar-refractivity contribution >= 4 is 39.4 Å². The average molecular weight is 407 g/mol. The van der Waals surface area contributed by atoms with E-state index >= 15 is 0 Å². The Balaban J connectivity index is 2.13. The number of aromatic nitrogens is 1. The Morgan fingerprint density at radius 1 is 1.37 bits per heavy atom. The van der Waals surface area contributed by atoms with Crippen molar-refractivity contribution in [3.63, 3.8) is 0 Å². The van der Waals surface area contributed by atoms with Crippen LogP contribution in [-0.4, -0.2) is 36.0 Å². The second-order valence-corrected chi connectivity index (χ2v) is 9.33. The zero-order valence-corrected chi connectivity index (χ0v) is 17.3. The highest BCUT2D eigenvalue weighted by Crippen LogP contribution is 2.39. The highest BCUT2D eigenvalue weighted by Gasteiger charge is 2.37. The van der Waals surface area contributed by atoms with E-state index < -0.39 is 16.6 Å². The predicted molar refractivity (Wildman–Crippen MR) is 103 cm³/mol. The van der Waals surface area contributed by atoms with Gasteiger partial charge in [-0.15, -0.1) is 0 Å². The monoisotopic (exact) mass is 406 g/mol. The number of amides is 2. The van der Waals surface area contributed by atoms with Gasteiger partial charge in [0.05, 0.1) is 16.1 Å². The number of carbonyl (C=O) groups excluding carboxylic acids is 2. The van der Waals surface area contributed by atoms with Crippen LogP contribution in [0.15, 0.2) is 17.0 Å². The number of nitrogens with one attached hydrogen (secondary N) is 1. The van der Waals surface area contributed by atoms with E-state index in [2.05, 4.69) is 10.3 Å². The normalized spacial score (nSPS) is 15.0. The van der Waals surface area contributed by atoms with Crippen LogP contribution in [0.2, 0.25) is 0 Å². The Labute approximate surface area is 164 Å². The van der Waals surface area contributed by atoms with Crippen LogP contribution >= 0.6 is 11.3 Å². The zero-order chi connectivity index (χ0) is 20.1. The molecule has 0 bridgehead atoms. The van der Waals surface area contributed by atoms with Crippen molar-refractivity contribution in [2.75, 3.05) is 5.32 Å². The number of fused-ring (bicyclic) bond motifs is 1. The van der Waals surface area contributed by atoms with Crippen LogP contribution in [0.1, 0.15) is 49.3 Å². The minimum atomic E-state index is -2.55. The molecule has 2 aromatic rings. The van der Waals surface area contributed by atoms with Crippen LogP contribution in [0.4, 0.5) is 5.13 Å². The standard InChI is InChI=1S/C18H21N3O4S2/c1-9-15(26-17(19-9)20-10(2)22)11-6-12-8-21(18(3,4)5)16(23)14(12)13(7-11)27(24)25/h6-7H,8H2,1-5H3,(H,24,25)(H,19,20,22)/p-1. The molecular formula is C18H20N3O4S2-. The van der Waals surface area contributed by atoms with Gasteiger partial charge in [0.15, 0.2) is 5.13 Å². The maximum Gasteiger partial charge on any atom is 0.256 e. The van der Waals surface area contributed by atoms with Crippen molar-refractivity contribution in [1.29, 1.82) is 0 Å². The van der Waals surface area contributed by atoms with Crippen LogP contribution in [0.3, 0.4) is 0 Å². The number of aryl methyl sites for hydroxylation is 1. The summed E-state index contributed by atoms with van der Waals surface area (Å²) in [5, 5.41) is 3.10. The second-order valence-electron chi connectivity index (χ2n) is 7.42. The Bertz CT molecular complexity index is 976. The van der Waals surface area contributed by atoms with Crippen molar-refractivity contribution in [3.8, 4) is 10.4 Å². The molecule has 0 radical (unpaired) electrons. The van der Waals surface area contributed by atoms with E-state index in [4.69, 9.17) is 0 Å². The first kappa shape index (κ1) is 19.7. The number of carbonyl (C=O) groups is 2. The summed E-state index contributed by atoms with van der Waals surface area (Å²) in [6.07, 6.45) is 0. The summed E-state index contributed by atoms with van der Waals surface area (Å²) in [6, 6.07) is 3.34. The number of nitrogens with zero attached hydrogens (tertiary/aromatic N) is 2. The molecule has 0 spiro atoms. The summed E-state index contributed by atoms with van der Waals surface area (Å²) in [4.78, 5) is 30.8. The van der Waals surface area contributed by atoms with Gasteiger partial charge in [-0.2, -0.15) is 0 Å². The summed E-state index contributed by atoms with van der Waals surface area (Å²) >= 11 is -1.28. The number of rotatable bonds is 3. The zero-order valence-electron chi connectivity index (χ0n) is 15.7. The molecule has 27 heavy (non-hydrogen) atoms. The first-order valence-corrected chi connectivity index (χ1v) is 10.2. The van der Waals surface area contributed by atoms with E-state index in [-0.39, 0.29) is 22.3 Å². The van der Waals surface area contributed by atoms with Crippen LogP contribution in [0.5, 0.6) is 0 Å². The van der Waals surface area contributed by atoms with E-state index in [1.54, 1.807) is 11.8 Å². The fourth-order valence-electron chi connectivity index (χ4n) is 3.09. The minimum absolute atomic E-state index is 0.00636. The molecule has 0 saturated heterocycles. The third-order valence-electron chi connectivity index (χ3n) is 4.30. The van der Waals surface area contributed by atoms with Gasteiger partial charge in [-0.25, -0.2) is 4.98 Å². The fraction of sp³-hybridized carbons (Fsp3) is 0.389. The molecule has 1 aliphatic rings. The lowest BCUT2D eigenvalue weighted by Gasteiger charge is -2.31. The van der Waals surface area contributed by atoms with Gasteiger partial charge in [0.2, 0.25) is 5.91 Å². The van der Waals surface area contributed by atoms with Gasteiger partial charge in [0.25, 0.3) is 5.91 Å². The molecule has 1 aromatic heterocycles. The summed E-state index contributed by atoms with van der Waals surface area (Å²) in [7, 11) is 0. The molecule has 0 fully saturated rings. The number of anilines is 1. The Morgan fingerprint density at radius 2 is 2.04 bits per heavy atom. The highest BCUT2D eigenvalue weighted by molar-refractivity contribution is 7.79. The highest BCUT2D eigenvalue weighted by atomic mass is 32.2. The number of hydrogen-bond donors (Lipinski definition) is 1. The van der Waals surface area contributed by atoms with E-state index in [0.29, 0.717) is 28.5 Å². The molecule has 9 heteroatoms. The third-order valence-corrected chi connectivity index (χ3v) is 6.11. The number of thiazole rings is 1. The molecular weight excluding hydrogens is 386 g/mol. The molecule has 0 aliphatic carbocycles. The SMILES string of the molecule is CC(=O)Nc1nc(C)c(-c2cc3c(c(S(=O)[O-])c2)C(=O)N(C(C)(C)C)C3)s1. The molecule has 1 atom stereocenters. The van der Waals surface area contributed by atoms with E-state index in [0.717, 1.165) is 4.88 Å². The van der Waals surface area contributed by atoms with Crippen molar-refractivity contribution in [2.45, 2.75) is 51.6 Å². The Kier molecular flexibility index (Phi) is 4.96. The van der Waals surface area contributed by atoms with Crippen molar-refractivity contribution in [3.05, 3.63) is 29.0 Å². The summed E-state index contributed by atoms with van der Waals surface area (Å²) < 4.78 is 23.7. The molecule has 3 rings (SSSR count). The van der Waals surface area contributed by atoms with Crippen LogP contribution in [-0.2, 0) is 22.4 Å². The maximum absolute atomic E-state index is 12.8. The van der Waals surface area contributed by atoms with E-state index in [9.17, 15) is 18.4 Å². The van der Waals surface area contributed by atoms with Crippen LogP contribution < -0.4 is 5.32 Å². The van der Waals surface area contributed by atoms with Crippen molar-refractivity contribution < 1.29 is 18.4 Å². The van der Waals surface area contributed by atoms with Gasteiger partial charge in [-0.3, -0.25) is 13.8 Å². The van der Waals surface area contributed by atoms with Gasteiger partial charge in [-0.1, -0.05) is 11.3 Å². The molecule has 7 nitrogen and oxygen atoms in total. The summed E-state index contributed by atoms with van der Waals surface area (Å²) in [5.41, 5.74) is 1.86. The lowest BCUT2D eigenvalue weighted by atomic mass is 10.0. The van der Waals surface area contributed by atoms with Gasteiger partial charge >= 0.3 is 0 Å². The molecule has 1 unspecified atom stereocenters. The van der Waals surface area contributed by atoms with Crippen molar-refractivity contribution in [2.24, 2.45) is 0 Å². The molecule has 1 aliphatic heterocycles. The molecule has 1 N–H and O–H groups in total. The molecule has 144 valence electrons. The lowest BCUT2D eigenvalue weighted by Crippen LogP contribution is -2.41. The molecule has 2 amide bonds. The number of hydrogen-bond acceptors (Lipinski definition) is 6. The van der Waals surface area contributed by atoms with Gasteiger partial charge in [-0.05, 0) is 62.0 Å².